The molecule has 2 aromatic rings. The molecule has 0 spiro atoms. The normalized spacial score (nSPS) is 19.6. The van der Waals surface area contributed by atoms with Gasteiger partial charge in [0.05, 0.1) is 12.2 Å². The van der Waals surface area contributed by atoms with E-state index in [0.717, 1.165) is 24.8 Å². The molecule has 0 saturated heterocycles. The zero-order valence-electron chi connectivity index (χ0n) is 17.0. The van der Waals surface area contributed by atoms with Crippen molar-refractivity contribution in [2.45, 2.75) is 58.8 Å². The number of hydrogen-bond donors (Lipinski definition) is 0. The molecule has 2 aromatic carbocycles. The molecule has 1 nitrogen and oxygen atoms in total. The Morgan fingerprint density at radius 1 is 1.00 bits per heavy atom. The average molecular weight is 408 g/mol. The molecule has 1 fully saturated rings. The molecular weight excluding hydrogens is 380 g/mol. The molecule has 0 bridgehead atoms. The first-order valence-electron chi connectivity index (χ1n) is 10.4. The second kappa shape index (κ2) is 9.64. The van der Waals surface area contributed by atoms with Gasteiger partial charge in [0, 0.05) is 5.56 Å². The van der Waals surface area contributed by atoms with Gasteiger partial charge in [-0.2, -0.15) is 0 Å². The fourth-order valence-electron chi connectivity index (χ4n) is 4.27. The first kappa shape index (κ1) is 21.7. The van der Waals surface area contributed by atoms with Crippen molar-refractivity contribution in [2.75, 3.05) is 6.61 Å². The molecule has 0 unspecified atom stereocenters. The van der Waals surface area contributed by atoms with E-state index in [4.69, 9.17) is 4.74 Å². The molecule has 0 amide bonds. The van der Waals surface area contributed by atoms with E-state index in [-0.39, 0.29) is 22.4 Å². The standard InChI is InChI=1S/C24H28F4O/c1-3-4-16-6-8-17(9-7-16)14-29-21-12-10-18(13-20(21)25)19-11-5-15(2)22(23(19)26)24(27)28/h5,10-13,16-17,24H,3-4,6-9,14H2,1-2H3. The SMILES string of the molecule is CCCC1CCC(COc2ccc(-c3ccc(C)c(C(F)F)c3F)cc2F)CC1. The van der Waals surface area contributed by atoms with Crippen molar-refractivity contribution in [1.82, 2.24) is 0 Å². The predicted octanol–water partition coefficient (Wildman–Crippen LogP) is 7.86. The van der Waals surface area contributed by atoms with E-state index in [1.165, 1.54) is 56.9 Å². The van der Waals surface area contributed by atoms with E-state index in [9.17, 15) is 17.6 Å². The van der Waals surface area contributed by atoms with Gasteiger partial charge in [-0.15, -0.1) is 0 Å². The number of aryl methyl sites for hydroxylation is 1. The number of halogens is 4. The van der Waals surface area contributed by atoms with Gasteiger partial charge in [0.15, 0.2) is 11.6 Å². The Kier molecular flexibility index (Phi) is 7.20. The highest BCUT2D eigenvalue weighted by Gasteiger charge is 2.23. The second-order valence-electron chi connectivity index (χ2n) is 8.09. The Morgan fingerprint density at radius 2 is 1.69 bits per heavy atom. The van der Waals surface area contributed by atoms with Crippen molar-refractivity contribution in [3.8, 4) is 16.9 Å². The molecule has 3 rings (SSSR count). The van der Waals surface area contributed by atoms with Crippen LogP contribution in [0, 0.1) is 30.4 Å². The van der Waals surface area contributed by atoms with Gasteiger partial charge in [-0.25, -0.2) is 17.6 Å². The topological polar surface area (TPSA) is 9.23 Å². The molecule has 0 atom stereocenters. The number of rotatable bonds is 7. The Bertz CT molecular complexity index is 826. The van der Waals surface area contributed by atoms with Crippen LogP contribution >= 0.6 is 0 Å². The Labute approximate surface area is 170 Å². The summed E-state index contributed by atoms with van der Waals surface area (Å²) in [5.74, 6) is -0.274. The smallest absolute Gasteiger partial charge is 0.266 e. The molecule has 29 heavy (non-hydrogen) atoms. The number of ether oxygens (including phenoxy) is 1. The lowest BCUT2D eigenvalue weighted by Gasteiger charge is -2.28. The fourth-order valence-corrected chi connectivity index (χ4v) is 4.27. The Balaban J connectivity index is 1.68. The van der Waals surface area contributed by atoms with Gasteiger partial charge >= 0.3 is 0 Å². The van der Waals surface area contributed by atoms with E-state index in [1.54, 1.807) is 0 Å². The van der Waals surface area contributed by atoms with Crippen LogP contribution in [0.25, 0.3) is 11.1 Å². The summed E-state index contributed by atoms with van der Waals surface area (Å²) in [6.07, 6.45) is 4.14. The summed E-state index contributed by atoms with van der Waals surface area (Å²) in [4.78, 5) is 0. The predicted molar refractivity (Wildman–Crippen MR) is 107 cm³/mol. The summed E-state index contributed by atoms with van der Waals surface area (Å²) in [7, 11) is 0. The third-order valence-corrected chi connectivity index (χ3v) is 6.00. The van der Waals surface area contributed by atoms with Crippen molar-refractivity contribution >= 4 is 0 Å². The van der Waals surface area contributed by atoms with E-state index in [2.05, 4.69) is 6.92 Å². The van der Waals surface area contributed by atoms with Gasteiger partial charge in [-0.3, -0.25) is 0 Å². The van der Waals surface area contributed by atoms with Crippen LogP contribution in [0.1, 0.15) is 63.0 Å². The Hall–Kier alpha value is -2.04. The van der Waals surface area contributed by atoms with E-state index >= 15 is 0 Å². The third kappa shape index (κ3) is 5.12. The van der Waals surface area contributed by atoms with Gasteiger partial charge in [-0.1, -0.05) is 50.8 Å². The molecule has 158 valence electrons. The minimum absolute atomic E-state index is 0.0365. The lowest BCUT2D eigenvalue weighted by atomic mass is 9.80. The van der Waals surface area contributed by atoms with Crippen molar-refractivity contribution < 1.29 is 22.3 Å². The lowest BCUT2D eigenvalue weighted by molar-refractivity contribution is 0.145. The Morgan fingerprint density at radius 3 is 2.31 bits per heavy atom. The summed E-state index contributed by atoms with van der Waals surface area (Å²) < 4.78 is 61.0. The van der Waals surface area contributed by atoms with E-state index < -0.39 is 23.6 Å². The minimum Gasteiger partial charge on any atom is -0.490 e. The van der Waals surface area contributed by atoms with Crippen LogP contribution < -0.4 is 4.74 Å². The van der Waals surface area contributed by atoms with Crippen LogP contribution in [0.15, 0.2) is 30.3 Å². The maximum Gasteiger partial charge on any atom is 0.266 e. The highest BCUT2D eigenvalue weighted by molar-refractivity contribution is 5.67. The monoisotopic (exact) mass is 408 g/mol. The first-order valence-corrected chi connectivity index (χ1v) is 10.4. The molecule has 0 N–H and O–H groups in total. The minimum atomic E-state index is -2.92. The molecule has 0 heterocycles. The van der Waals surface area contributed by atoms with Crippen molar-refractivity contribution in [3.63, 3.8) is 0 Å². The quantitative estimate of drug-likeness (QED) is 0.424. The molecule has 1 saturated carbocycles. The second-order valence-corrected chi connectivity index (χ2v) is 8.09. The number of benzene rings is 2. The summed E-state index contributed by atoms with van der Waals surface area (Å²) in [5, 5.41) is 0. The highest BCUT2D eigenvalue weighted by Crippen LogP contribution is 2.35. The lowest BCUT2D eigenvalue weighted by Crippen LogP contribution is -2.20. The molecule has 1 aliphatic rings. The van der Waals surface area contributed by atoms with Crippen LogP contribution in [-0.4, -0.2) is 6.61 Å². The van der Waals surface area contributed by atoms with Crippen LogP contribution in [0.3, 0.4) is 0 Å². The van der Waals surface area contributed by atoms with Gasteiger partial charge in [-0.05, 0) is 54.9 Å². The van der Waals surface area contributed by atoms with Gasteiger partial charge in [0.2, 0.25) is 0 Å². The molecule has 0 aromatic heterocycles. The zero-order valence-corrected chi connectivity index (χ0v) is 17.0. The van der Waals surface area contributed by atoms with Crippen LogP contribution in [-0.2, 0) is 0 Å². The van der Waals surface area contributed by atoms with Crippen LogP contribution in [0.4, 0.5) is 17.6 Å². The van der Waals surface area contributed by atoms with Crippen molar-refractivity contribution in [3.05, 3.63) is 53.1 Å². The van der Waals surface area contributed by atoms with E-state index in [1.807, 2.05) is 0 Å². The highest BCUT2D eigenvalue weighted by atomic mass is 19.3. The average Bonchev–Trinajstić information content (AvgIpc) is 2.68. The first-order chi connectivity index (χ1) is 13.9. The maximum absolute atomic E-state index is 14.5. The van der Waals surface area contributed by atoms with Crippen molar-refractivity contribution in [1.29, 1.82) is 0 Å². The molecule has 5 heteroatoms. The third-order valence-electron chi connectivity index (χ3n) is 6.00. The molecule has 1 aliphatic carbocycles. The zero-order chi connectivity index (χ0) is 21.0. The summed E-state index contributed by atoms with van der Waals surface area (Å²) >= 11 is 0. The number of hydrogen-bond acceptors (Lipinski definition) is 1. The molecular formula is C24H28F4O. The fraction of sp³-hybridized carbons (Fsp3) is 0.500. The summed E-state index contributed by atoms with van der Waals surface area (Å²) in [5.41, 5.74) is -0.280. The van der Waals surface area contributed by atoms with Gasteiger partial charge in [0.1, 0.15) is 5.82 Å². The number of alkyl halides is 2. The summed E-state index contributed by atoms with van der Waals surface area (Å²) in [6.45, 7) is 4.10. The largest absolute Gasteiger partial charge is 0.490 e. The van der Waals surface area contributed by atoms with Gasteiger partial charge < -0.3 is 4.74 Å². The summed E-state index contributed by atoms with van der Waals surface area (Å²) in [6, 6.07) is 6.95. The maximum atomic E-state index is 14.5. The van der Waals surface area contributed by atoms with Crippen molar-refractivity contribution in [2.24, 2.45) is 11.8 Å². The van der Waals surface area contributed by atoms with Crippen LogP contribution in [0.5, 0.6) is 5.75 Å². The molecule has 0 radical (unpaired) electrons. The van der Waals surface area contributed by atoms with Crippen LogP contribution in [0.2, 0.25) is 0 Å². The van der Waals surface area contributed by atoms with Gasteiger partial charge in [0.25, 0.3) is 6.43 Å². The van der Waals surface area contributed by atoms with E-state index in [0.29, 0.717) is 12.5 Å². The molecule has 0 aliphatic heterocycles.